The molecule has 212 valence electrons. The van der Waals surface area contributed by atoms with E-state index in [1.54, 1.807) is 39.2 Å². The molecule has 2 aromatic heterocycles. The molecule has 1 fully saturated rings. The number of aromatic nitrogens is 2. The van der Waals surface area contributed by atoms with Gasteiger partial charge in [-0.1, -0.05) is 6.07 Å². The number of benzene rings is 1. The Kier molecular flexibility index (Phi) is 7.02. The highest BCUT2D eigenvalue weighted by Gasteiger charge is 2.64. The average Bonchev–Trinajstić information content (AvgIpc) is 3.47. The molecule has 4 heterocycles. The summed E-state index contributed by atoms with van der Waals surface area (Å²) in [5, 5.41) is 20.3. The van der Waals surface area contributed by atoms with Crippen molar-refractivity contribution in [3.05, 3.63) is 77.1 Å². The summed E-state index contributed by atoms with van der Waals surface area (Å²) in [6.07, 6.45) is 1.82. The fraction of sp³-hybridized carbons (Fsp3) is 0.321. The molecule has 0 saturated carbocycles. The number of nitrogens with zero attached hydrogens (tertiary/aromatic N) is 6. The first-order valence-electron chi connectivity index (χ1n) is 12.7. The Bertz CT molecular complexity index is 1690. The van der Waals surface area contributed by atoms with Crippen LogP contribution in [0.3, 0.4) is 0 Å². The predicted molar refractivity (Wildman–Crippen MR) is 146 cm³/mol. The number of likely N-dealkylation sites (N-methyl/N-ethyl adjacent to an activating group) is 1. The lowest BCUT2D eigenvalue weighted by Gasteiger charge is -2.41. The number of aryl methyl sites for hydroxylation is 1. The number of amides is 2. The second-order valence-corrected chi connectivity index (χ2v) is 11.9. The highest BCUT2D eigenvalue weighted by molar-refractivity contribution is 7.93. The second kappa shape index (κ2) is 10.2. The highest BCUT2D eigenvalue weighted by atomic mass is 32.2. The van der Waals surface area contributed by atoms with E-state index in [2.05, 4.69) is 16.0 Å². The Hall–Kier alpha value is -4.38. The van der Waals surface area contributed by atoms with Crippen LogP contribution in [-0.2, 0) is 25.2 Å². The molecule has 2 aliphatic heterocycles. The highest BCUT2D eigenvalue weighted by Crippen LogP contribution is 2.54. The number of sulfonamides is 1. The van der Waals surface area contributed by atoms with Crippen LogP contribution in [0.25, 0.3) is 0 Å². The molecule has 0 spiro atoms. The van der Waals surface area contributed by atoms with Crippen LogP contribution in [0.4, 0.5) is 5.69 Å². The van der Waals surface area contributed by atoms with Gasteiger partial charge >= 0.3 is 0 Å². The SMILES string of the molecule is COc1ncccc1C1(N2C[C@H](O)C[C@H]2C(=O)N(C)C)C(=O)N(S(=O)(=O)c2ccc(C)cn2)c2ccc(C#N)cc21. The third-order valence-electron chi connectivity index (χ3n) is 7.41. The van der Waals surface area contributed by atoms with E-state index in [-0.39, 0.29) is 46.2 Å². The number of likely N-dealkylation sites (tertiary alicyclic amines) is 1. The number of β-amino-alcohol motifs (C(OH)–C–C–N with tert-alkyl or cyclic N) is 1. The number of methoxy groups -OCH3 is 1. The number of aliphatic hydroxyl groups excluding tert-OH is 1. The van der Waals surface area contributed by atoms with Gasteiger partial charge in [0, 0.05) is 44.2 Å². The van der Waals surface area contributed by atoms with Crippen molar-refractivity contribution in [3.63, 3.8) is 0 Å². The lowest BCUT2D eigenvalue weighted by atomic mass is 9.81. The van der Waals surface area contributed by atoms with Crippen LogP contribution in [0.15, 0.2) is 59.9 Å². The van der Waals surface area contributed by atoms with Crippen molar-refractivity contribution in [1.29, 1.82) is 5.26 Å². The number of ether oxygens (including phenoxy) is 1. The monoisotopic (exact) mass is 576 g/mol. The second-order valence-electron chi connectivity index (χ2n) is 10.2. The van der Waals surface area contributed by atoms with Gasteiger partial charge in [-0.3, -0.25) is 14.5 Å². The Morgan fingerprint density at radius 2 is 1.95 bits per heavy atom. The van der Waals surface area contributed by atoms with E-state index >= 15 is 0 Å². The summed E-state index contributed by atoms with van der Waals surface area (Å²) in [4.78, 5) is 39.7. The summed E-state index contributed by atoms with van der Waals surface area (Å²) >= 11 is 0. The summed E-state index contributed by atoms with van der Waals surface area (Å²) in [7, 11) is -0.118. The standard InChI is InChI=1S/C28H28N6O6S/c1-17-7-10-24(31-15-17)41(38,39)34-22-9-8-18(14-29)12-21(22)28(27(34)37,20-6-5-11-30-25(20)40-4)33-16-19(35)13-23(33)26(36)32(2)3/h5-12,15,19,23,35H,13,16H2,1-4H3/t19-,23+,28?/m1/s1. The first-order valence-corrected chi connectivity index (χ1v) is 14.1. The van der Waals surface area contributed by atoms with Gasteiger partial charge in [0.2, 0.25) is 11.8 Å². The van der Waals surface area contributed by atoms with Gasteiger partial charge in [0.1, 0.15) is 0 Å². The van der Waals surface area contributed by atoms with E-state index in [4.69, 9.17) is 4.74 Å². The van der Waals surface area contributed by atoms with Crippen LogP contribution in [0, 0.1) is 18.3 Å². The van der Waals surface area contributed by atoms with Crippen molar-refractivity contribution in [1.82, 2.24) is 19.8 Å². The van der Waals surface area contributed by atoms with Crippen molar-refractivity contribution in [2.45, 2.75) is 36.1 Å². The molecule has 12 nitrogen and oxygen atoms in total. The molecule has 13 heteroatoms. The van der Waals surface area contributed by atoms with Crippen LogP contribution in [0.2, 0.25) is 0 Å². The smallest absolute Gasteiger partial charge is 0.288 e. The van der Waals surface area contributed by atoms with Gasteiger partial charge in [0.15, 0.2) is 10.6 Å². The molecular formula is C28H28N6O6S. The van der Waals surface area contributed by atoms with Crippen LogP contribution in [-0.4, -0.2) is 85.0 Å². The van der Waals surface area contributed by atoms with Crippen LogP contribution < -0.4 is 9.04 Å². The van der Waals surface area contributed by atoms with Crippen LogP contribution in [0.1, 0.15) is 28.7 Å². The number of hydrogen-bond donors (Lipinski definition) is 1. The minimum absolute atomic E-state index is 0.00579. The quantitative estimate of drug-likeness (QED) is 0.452. The Morgan fingerprint density at radius 3 is 2.59 bits per heavy atom. The van der Waals surface area contributed by atoms with Gasteiger partial charge in [-0.25, -0.2) is 9.97 Å². The first kappa shape index (κ1) is 28.2. The largest absolute Gasteiger partial charge is 0.481 e. The number of carbonyl (C=O) groups is 2. The molecule has 1 saturated heterocycles. The van der Waals surface area contributed by atoms with Gasteiger partial charge in [0.25, 0.3) is 15.9 Å². The summed E-state index contributed by atoms with van der Waals surface area (Å²) < 4.78 is 34.5. The molecule has 2 aliphatic rings. The number of pyridine rings is 2. The number of anilines is 1. The Labute approximate surface area is 237 Å². The van der Waals surface area contributed by atoms with E-state index < -0.39 is 39.5 Å². The number of rotatable bonds is 6. The zero-order chi connectivity index (χ0) is 29.7. The Balaban J connectivity index is 1.89. The minimum Gasteiger partial charge on any atom is -0.481 e. The van der Waals surface area contributed by atoms with E-state index in [1.807, 2.05) is 0 Å². The molecule has 3 aromatic rings. The molecule has 41 heavy (non-hydrogen) atoms. The molecule has 0 radical (unpaired) electrons. The van der Waals surface area contributed by atoms with E-state index in [9.17, 15) is 28.4 Å². The van der Waals surface area contributed by atoms with Crippen molar-refractivity contribution in [3.8, 4) is 11.9 Å². The third-order valence-corrected chi connectivity index (χ3v) is 9.02. The zero-order valence-corrected chi connectivity index (χ0v) is 23.7. The topological polar surface area (TPSA) is 157 Å². The molecule has 1 aromatic carbocycles. The Morgan fingerprint density at radius 1 is 1.20 bits per heavy atom. The van der Waals surface area contributed by atoms with Crippen molar-refractivity contribution < 1.29 is 27.9 Å². The number of fused-ring (bicyclic) bond motifs is 1. The maximum absolute atomic E-state index is 15.0. The minimum atomic E-state index is -4.59. The van der Waals surface area contributed by atoms with Crippen molar-refractivity contribution >= 4 is 27.5 Å². The average molecular weight is 577 g/mol. The first-order chi connectivity index (χ1) is 19.5. The van der Waals surface area contributed by atoms with Gasteiger partial charge < -0.3 is 14.7 Å². The molecular weight excluding hydrogens is 548 g/mol. The lowest BCUT2D eigenvalue weighted by Crippen LogP contribution is -2.59. The van der Waals surface area contributed by atoms with Crippen molar-refractivity contribution in [2.75, 3.05) is 32.1 Å². The molecule has 1 N–H and O–H groups in total. The summed E-state index contributed by atoms with van der Waals surface area (Å²) in [5.41, 5.74) is -0.862. The number of hydrogen-bond acceptors (Lipinski definition) is 10. The van der Waals surface area contributed by atoms with Crippen LogP contribution in [0.5, 0.6) is 5.88 Å². The molecule has 3 atom stereocenters. The molecule has 0 aliphatic carbocycles. The van der Waals surface area contributed by atoms with Gasteiger partial charge in [0.05, 0.1) is 36.6 Å². The lowest BCUT2D eigenvalue weighted by molar-refractivity contribution is -0.138. The number of aliphatic hydroxyl groups is 1. The van der Waals surface area contributed by atoms with Gasteiger partial charge in [-0.05, 0) is 55.3 Å². The van der Waals surface area contributed by atoms with E-state index in [0.717, 1.165) is 5.56 Å². The molecule has 5 rings (SSSR count). The van der Waals surface area contributed by atoms with Crippen molar-refractivity contribution in [2.24, 2.45) is 0 Å². The normalized spacial score (nSPS) is 22.3. The predicted octanol–water partition coefficient (Wildman–Crippen LogP) is 1.17. The fourth-order valence-corrected chi connectivity index (χ4v) is 7.00. The number of nitriles is 1. The molecule has 2 amide bonds. The fourth-order valence-electron chi connectivity index (χ4n) is 5.62. The molecule has 1 unspecified atom stereocenters. The summed E-state index contributed by atoms with van der Waals surface area (Å²) in [5.74, 6) is -1.32. The zero-order valence-electron chi connectivity index (χ0n) is 22.8. The van der Waals surface area contributed by atoms with Gasteiger partial charge in [-0.15, -0.1) is 0 Å². The maximum Gasteiger partial charge on any atom is 0.288 e. The van der Waals surface area contributed by atoms with Crippen LogP contribution >= 0.6 is 0 Å². The van der Waals surface area contributed by atoms with Gasteiger partial charge in [-0.2, -0.15) is 18.0 Å². The maximum atomic E-state index is 15.0. The number of carbonyl (C=O) groups excluding carboxylic acids is 2. The third kappa shape index (κ3) is 4.22. The summed E-state index contributed by atoms with van der Waals surface area (Å²) in [6, 6.07) is 11.3. The summed E-state index contributed by atoms with van der Waals surface area (Å²) in [6.45, 7) is 1.60. The van der Waals surface area contributed by atoms with E-state index in [0.29, 0.717) is 4.31 Å². The molecule has 0 bridgehead atoms. The van der Waals surface area contributed by atoms with E-state index in [1.165, 1.54) is 53.6 Å².